The van der Waals surface area contributed by atoms with Gasteiger partial charge in [-0.3, -0.25) is 4.79 Å². The summed E-state index contributed by atoms with van der Waals surface area (Å²) in [4.78, 5) is 23.5. The number of carbonyl (C=O) groups is 2. The first-order chi connectivity index (χ1) is 9.93. The van der Waals surface area contributed by atoms with Gasteiger partial charge in [0.15, 0.2) is 0 Å². The van der Waals surface area contributed by atoms with Crippen LogP contribution < -0.4 is 5.32 Å². The van der Waals surface area contributed by atoms with Gasteiger partial charge < -0.3 is 15.0 Å². The summed E-state index contributed by atoms with van der Waals surface area (Å²) >= 11 is 3.34. The van der Waals surface area contributed by atoms with Gasteiger partial charge in [0.2, 0.25) is 0 Å². The van der Waals surface area contributed by atoms with Crippen molar-refractivity contribution in [3.8, 4) is 0 Å². The Kier molecular flexibility index (Phi) is 4.47. The zero-order valence-electron chi connectivity index (χ0n) is 11.7. The maximum atomic E-state index is 12.3. The van der Waals surface area contributed by atoms with E-state index in [1.165, 1.54) is 6.07 Å². The lowest BCUT2D eigenvalue weighted by atomic mass is 10.1. The molecule has 2 rings (SSSR count). The average molecular weight is 351 g/mol. The molecule has 0 aliphatic rings. The average Bonchev–Trinajstić information content (AvgIpc) is 2.82. The van der Waals surface area contributed by atoms with Gasteiger partial charge in [-0.1, -0.05) is 6.07 Å². The van der Waals surface area contributed by atoms with Gasteiger partial charge in [-0.25, -0.2) is 4.79 Å². The van der Waals surface area contributed by atoms with Crippen molar-refractivity contribution in [2.45, 2.75) is 20.4 Å². The number of carboxylic acids is 1. The van der Waals surface area contributed by atoms with Crippen LogP contribution in [0.3, 0.4) is 0 Å². The number of anilines is 1. The minimum absolute atomic E-state index is 0.180. The largest absolute Gasteiger partial charge is 0.478 e. The second-order valence-electron chi connectivity index (χ2n) is 4.57. The number of nitrogens with zero attached hydrogens (tertiary/aromatic N) is 1. The van der Waals surface area contributed by atoms with Crippen molar-refractivity contribution < 1.29 is 14.7 Å². The Hall–Kier alpha value is -2.08. The van der Waals surface area contributed by atoms with Crippen molar-refractivity contribution in [1.29, 1.82) is 0 Å². The van der Waals surface area contributed by atoms with Crippen LogP contribution >= 0.6 is 15.9 Å². The number of aromatic carboxylic acids is 1. The number of carboxylic acid groups (broad SMARTS) is 1. The van der Waals surface area contributed by atoms with E-state index in [0.29, 0.717) is 23.5 Å². The van der Waals surface area contributed by atoms with Crippen LogP contribution in [-0.4, -0.2) is 21.6 Å². The van der Waals surface area contributed by atoms with Crippen molar-refractivity contribution in [1.82, 2.24) is 4.57 Å². The Bertz CT molecular complexity index is 707. The van der Waals surface area contributed by atoms with Crippen LogP contribution in [-0.2, 0) is 6.54 Å². The summed E-state index contributed by atoms with van der Waals surface area (Å²) in [6, 6.07) is 6.54. The van der Waals surface area contributed by atoms with Crippen molar-refractivity contribution >= 4 is 33.5 Å². The maximum Gasteiger partial charge on any atom is 0.336 e. The number of aromatic nitrogens is 1. The quantitative estimate of drug-likeness (QED) is 0.885. The van der Waals surface area contributed by atoms with Crippen molar-refractivity contribution in [2.24, 2.45) is 0 Å². The fourth-order valence-corrected chi connectivity index (χ4v) is 2.58. The predicted octanol–water partition coefficient (Wildman–Crippen LogP) is 3.53. The molecule has 0 unspecified atom stereocenters. The summed E-state index contributed by atoms with van der Waals surface area (Å²) in [5.41, 5.74) is 1.73. The van der Waals surface area contributed by atoms with E-state index in [2.05, 4.69) is 21.2 Å². The third kappa shape index (κ3) is 3.16. The first-order valence-electron chi connectivity index (χ1n) is 6.44. The molecule has 0 atom stereocenters. The van der Waals surface area contributed by atoms with Crippen molar-refractivity contribution in [3.63, 3.8) is 0 Å². The Morgan fingerprint density at radius 1 is 1.38 bits per heavy atom. The highest BCUT2D eigenvalue weighted by atomic mass is 79.9. The molecule has 110 valence electrons. The highest BCUT2D eigenvalue weighted by Crippen LogP contribution is 2.21. The van der Waals surface area contributed by atoms with Gasteiger partial charge >= 0.3 is 5.97 Å². The molecule has 2 aromatic rings. The van der Waals surface area contributed by atoms with E-state index in [0.717, 1.165) is 4.47 Å². The minimum atomic E-state index is -1.01. The van der Waals surface area contributed by atoms with Crippen LogP contribution in [0.5, 0.6) is 0 Å². The highest BCUT2D eigenvalue weighted by Gasteiger charge is 2.15. The number of aryl methyl sites for hydroxylation is 1. The smallest absolute Gasteiger partial charge is 0.336 e. The van der Waals surface area contributed by atoms with Crippen LogP contribution in [0.15, 0.2) is 34.9 Å². The minimum Gasteiger partial charge on any atom is -0.478 e. The summed E-state index contributed by atoms with van der Waals surface area (Å²) in [5, 5.41) is 11.9. The summed E-state index contributed by atoms with van der Waals surface area (Å²) < 4.78 is 2.64. The molecule has 0 aliphatic carbocycles. The second kappa shape index (κ2) is 6.13. The second-order valence-corrected chi connectivity index (χ2v) is 5.48. The molecule has 1 amide bonds. The lowest BCUT2D eigenvalue weighted by Crippen LogP contribution is -2.17. The topological polar surface area (TPSA) is 71.3 Å². The Balaban J connectivity index is 2.32. The van der Waals surface area contributed by atoms with E-state index in [4.69, 9.17) is 5.11 Å². The van der Waals surface area contributed by atoms with Crippen LogP contribution in [0, 0.1) is 6.92 Å². The first kappa shape index (κ1) is 15.3. The molecule has 1 heterocycles. The van der Waals surface area contributed by atoms with E-state index in [-0.39, 0.29) is 11.5 Å². The van der Waals surface area contributed by atoms with Crippen LogP contribution in [0.2, 0.25) is 0 Å². The molecule has 0 saturated heterocycles. The van der Waals surface area contributed by atoms with Gasteiger partial charge in [-0.15, -0.1) is 0 Å². The lowest BCUT2D eigenvalue weighted by Gasteiger charge is -2.11. The maximum absolute atomic E-state index is 12.3. The standard InChI is InChI=1S/C15H15BrN2O3/c1-3-18-8-10(16)7-13(18)14(19)17-12-6-4-5-11(9(12)2)15(20)21/h4-8H,3H2,1-2H3,(H,17,19)(H,20,21). The molecule has 0 saturated carbocycles. The first-order valence-corrected chi connectivity index (χ1v) is 7.23. The molecular formula is C15H15BrN2O3. The van der Waals surface area contributed by atoms with E-state index >= 15 is 0 Å². The molecule has 0 radical (unpaired) electrons. The number of nitrogens with one attached hydrogen (secondary N) is 1. The fourth-order valence-electron chi connectivity index (χ4n) is 2.12. The van der Waals surface area contributed by atoms with Gasteiger partial charge in [-0.2, -0.15) is 0 Å². The normalized spacial score (nSPS) is 10.4. The molecule has 0 bridgehead atoms. The molecule has 0 aliphatic heterocycles. The number of hydrogen-bond donors (Lipinski definition) is 2. The molecule has 1 aromatic heterocycles. The monoisotopic (exact) mass is 350 g/mol. The van der Waals surface area contributed by atoms with Crippen molar-refractivity contribution in [3.05, 3.63) is 51.8 Å². The van der Waals surface area contributed by atoms with Gasteiger partial charge in [-0.05, 0) is 53.5 Å². The van der Waals surface area contributed by atoms with Gasteiger partial charge in [0, 0.05) is 22.9 Å². The van der Waals surface area contributed by atoms with Crippen LogP contribution in [0.25, 0.3) is 0 Å². The summed E-state index contributed by atoms with van der Waals surface area (Å²) in [6.07, 6.45) is 1.83. The summed E-state index contributed by atoms with van der Waals surface area (Å²) in [6.45, 7) is 4.29. The molecule has 2 N–H and O–H groups in total. The molecule has 1 aromatic carbocycles. The van der Waals surface area contributed by atoms with E-state index in [9.17, 15) is 9.59 Å². The molecule has 0 spiro atoms. The molecule has 6 heteroatoms. The molecular weight excluding hydrogens is 336 g/mol. The Labute approximate surface area is 130 Å². The van der Waals surface area contributed by atoms with Crippen LogP contribution in [0.1, 0.15) is 33.3 Å². The molecule has 21 heavy (non-hydrogen) atoms. The fraction of sp³-hybridized carbons (Fsp3) is 0.200. The molecule has 5 nitrogen and oxygen atoms in total. The van der Waals surface area contributed by atoms with Crippen LogP contribution in [0.4, 0.5) is 5.69 Å². The Morgan fingerprint density at radius 3 is 2.71 bits per heavy atom. The van der Waals surface area contributed by atoms with Gasteiger partial charge in [0.05, 0.1) is 5.56 Å². The number of benzene rings is 1. The predicted molar refractivity (Wildman–Crippen MR) is 83.9 cm³/mol. The number of amides is 1. The summed E-state index contributed by atoms with van der Waals surface area (Å²) in [5.74, 6) is -1.28. The van der Waals surface area contributed by atoms with E-state index in [1.54, 1.807) is 25.1 Å². The van der Waals surface area contributed by atoms with E-state index in [1.807, 2.05) is 17.7 Å². The zero-order valence-corrected chi connectivity index (χ0v) is 13.3. The van der Waals surface area contributed by atoms with Gasteiger partial charge in [0.25, 0.3) is 5.91 Å². The van der Waals surface area contributed by atoms with E-state index < -0.39 is 5.97 Å². The van der Waals surface area contributed by atoms with Crippen molar-refractivity contribution in [2.75, 3.05) is 5.32 Å². The highest BCUT2D eigenvalue weighted by molar-refractivity contribution is 9.10. The third-order valence-electron chi connectivity index (χ3n) is 3.25. The summed E-state index contributed by atoms with van der Waals surface area (Å²) in [7, 11) is 0. The SMILES string of the molecule is CCn1cc(Br)cc1C(=O)Nc1cccc(C(=O)O)c1C. The lowest BCUT2D eigenvalue weighted by molar-refractivity contribution is 0.0695. The molecule has 0 fully saturated rings. The Morgan fingerprint density at radius 2 is 2.10 bits per heavy atom. The third-order valence-corrected chi connectivity index (χ3v) is 3.68. The number of rotatable bonds is 4. The van der Waals surface area contributed by atoms with Gasteiger partial charge in [0.1, 0.15) is 5.69 Å². The number of halogens is 1. The zero-order chi connectivity index (χ0) is 15.6. The number of carbonyl (C=O) groups excluding carboxylic acids is 1. The number of hydrogen-bond acceptors (Lipinski definition) is 2.